The number of anilines is 1. The molecule has 0 aliphatic carbocycles. The average Bonchev–Trinajstić information content (AvgIpc) is 3.15. The van der Waals surface area contributed by atoms with Crippen LogP contribution in [0.5, 0.6) is 5.75 Å². The Balaban J connectivity index is 1.34. The summed E-state index contributed by atoms with van der Waals surface area (Å²) in [6.45, 7) is 2.02. The van der Waals surface area contributed by atoms with E-state index in [1.807, 2.05) is 12.3 Å². The summed E-state index contributed by atoms with van der Waals surface area (Å²) in [4.78, 5) is 10.0. The van der Waals surface area contributed by atoms with Crippen molar-refractivity contribution in [2.75, 3.05) is 24.6 Å². The number of piperidine rings is 1. The summed E-state index contributed by atoms with van der Waals surface area (Å²) < 4.78 is 45.5. The SMILES string of the molecule is FC(F)(F)c1cc(OCC2CCN(c3nccn4nccc34)CC2)ccn1. The van der Waals surface area contributed by atoms with Crippen LogP contribution in [0, 0.1) is 5.92 Å². The molecule has 27 heavy (non-hydrogen) atoms. The molecule has 0 amide bonds. The maximum atomic E-state index is 12.7. The van der Waals surface area contributed by atoms with Crippen molar-refractivity contribution in [2.45, 2.75) is 19.0 Å². The number of nitrogens with zero attached hydrogens (tertiary/aromatic N) is 5. The summed E-state index contributed by atoms with van der Waals surface area (Å²) >= 11 is 0. The van der Waals surface area contributed by atoms with Crippen molar-refractivity contribution >= 4 is 11.3 Å². The van der Waals surface area contributed by atoms with Gasteiger partial charge in [-0.1, -0.05) is 0 Å². The van der Waals surface area contributed by atoms with Crippen molar-refractivity contribution in [3.8, 4) is 5.75 Å². The first-order valence-electron chi connectivity index (χ1n) is 8.70. The second kappa shape index (κ2) is 7.05. The van der Waals surface area contributed by atoms with Crippen LogP contribution < -0.4 is 9.64 Å². The van der Waals surface area contributed by atoms with Gasteiger partial charge >= 0.3 is 6.18 Å². The minimum absolute atomic E-state index is 0.199. The van der Waals surface area contributed by atoms with Gasteiger partial charge in [0.25, 0.3) is 0 Å². The summed E-state index contributed by atoms with van der Waals surface area (Å²) in [5.41, 5.74) is 0.0264. The Labute approximate surface area is 153 Å². The molecule has 0 saturated carbocycles. The Morgan fingerprint density at radius 2 is 1.89 bits per heavy atom. The molecule has 1 aliphatic rings. The lowest BCUT2D eigenvalue weighted by molar-refractivity contribution is -0.141. The van der Waals surface area contributed by atoms with Gasteiger partial charge in [-0.05, 0) is 30.9 Å². The molecule has 9 heteroatoms. The van der Waals surface area contributed by atoms with Gasteiger partial charge in [0.1, 0.15) is 17.0 Å². The van der Waals surface area contributed by atoms with Crippen LogP contribution in [-0.4, -0.2) is 39.3 Å². The highest BCUT2D eigenvalue weighted by atomic mass is 19.4. The van der Waals surface area contributed by atoms with E-state index in [2.05, 4.69) is 20.0 Å². The maximum absolute atomic E-state index is 12.7. The van der Waals surface area contributed by atoms with E-state index in [-0.39, 0.29) is 11.7 Å². The summed E-state index contributed by atoms with van der Waals surface area (Å²) in [5, 5.41) is 4.22. The number of alkyl halides is 3. The number of hydrogen-bond donors (Lipinski definition) is 0. The van der Waals surface area contributed by atoms with Gasteiger partial charge < -0.3 is 9.64 Å². The number of ether oxygens (including phenoxy) is 1. The highest BCUT2D eigenvalue weighted by Gasteiger charge is 2.32. The van der Waals surface area contributed by atoms with Crippen molar-refractivity contribution in [3.05, 3.63) is 48.7 Å². The van der Waals surface area contributed by atoms with Crippen LogP contribution in [-0.2, 0) is 6.18 Å². The monoisotopic (exact) mass is 377 g/mol. The number of aromatic nitrogens is 4. The second-order valence-electron chi connectivity index (χ2n) is 6.53. The second-order valence-corrected chi connectivity index (χ2v) is 6.53. The molecule has 0 atom stereocenters. The van der Waals surface area contributed by atoms with Gasteiger partial charge in [0.2, 0.25) is 0 Å². The largest absolute Gasteiger partial charge is 0.493 e. The Kier molecular flexibility index (Phi) is 4.59. The number of pyridine rings is 1. The van der Waals surface area contributed by atoms with Gasteiger partial charge in [-0.15, -0.1) is 0 Å². The molecule has 0 aromatic carbocycles. The third-order valence-electron chi connectivity index (χ3n) is 4.73. The van der Waals surface area contributed by atoms with Gasteiger partial charge in [-0.3, -0.25) is 4.98 Å². The smallest absolute Gasteiger partial charge is 0.433 e. The summed E-state index contributed by atoms with van der Waals surface area (Å²) in [5.74, 6) is 1.39. The zero-order valence-electron chi connectivity index (χ0n) is 14.4. The highest BCUT2D eigenvalue weighted by Crippen LogP contribution is 2.30. The molecule has 0 spiro atoms. The zero-order valence-corrected chi connectivity index (χ0v) is 14.4. The molecule has 4 rings (SSSR count). The van der Waals surface area contributed by atoms with E-state index in [0.717, 1.165) is 49.5 Å². The van der Waals surface area contributed by atoms with E-state index in [1.165, 1.54) is 6.07 Å². The Morgan fingerprint density at radius 3 is 2.67 bits per heavy atom. The van der Waals surface area contributed by atoms with E-state index < -0.39 is 11.9 Å². The standard InChI is InChI=1S/C18H18F3N5O/c19-18(20,21)16-11-14(1-5-22-16)27-12-13-3-8-25(9-4-13)17-15-2-6-24-26(15)10-7-23-17/h1-2,5-7,10-11,13H,3-4,8-9,12H2. The lowest BCUT2D eigenvalue weighted by atomic mass is 9.98. The Morgan fingerprint density at radius 1 is 1.07 bits per heavy atom. The van der Waals surface area contributed by atoms with Crippen LogP contribution in [0.15, 0.2) is 43.0 Å². The molecule has 4 heterocycles. The van der Waals surface area contributed by atoms with Crippen LogP contribution in [0.3, 0.4) is 0 Å². The van der Waals surface area contributed by atoms with Crippen molar-refractivity contribution < 1.29 is 17.9 Å². The zero-order chi connectivity index (χ0) is 18.9. The van der Waals surface area contributed by atoms with E-state index in [9.17, 15) is 13.2 Å². The van der Waals surface area contributed by atoms with Gasteiger partial charge in [-0.25, -0.2) is 9.50 Å². The van der Waals surface area contributed by atoms with Gasteiger partial charge in [0.05, 0.1) is 12.8 Å². The molecule has 3 aromatic rings. The van der Waals surface area contributed by atoms with Crippen molar-refractivity contribution in [1.29, 1.82) is 0 Å². The molecule has 0 N–H and O–H groups in total. The summed E-state index contributed by atoms with van der Waals surface area (Å²) in [6.07, 6.45) is 3.70. The molecule has 0 unspecified atom stereocenters. The quantitative estimate of drug-likeness (QED) is 0.697. The molecule has 142 valence electrons. The van der Waals surface area contributed by atoms with Crippen molar-refractivity contribution in [3.63, 3.8) is 0 Å². The first-order valence-corrected chi connectivity index (χ1v) is 8.70. The van der Waals surface area contributed by atoms with Crippen LogP contribution in [0.2, 0.25) is 0 Å². The third-order valence-corrected chi connectivity index (χ3v) is 4.73. The van der Waals surface area contributed by atoms with Crippen LogP contribution >= 0.6 is 0 Å². The van der Waals surface area contributed by atoms with Crippen molar-refractivity contribution in [2.24, 2.45) is 5.92 Å². The third kappa shape index (κ3) is 3.81. The number of hydrogen-bond acceptors (Lipinski definition) is 5. The fourth-order valence-corrected chi connectivity index (χ4v) is 3.27. The molecule has 6 nitrogen and oxygen atoms in total. The minimum atomic E-state index is -4.47. The van der Waals surface area contributed by atoms with Crippen LogP contribution in [0.1, 0.15) is 18.5 Å². The lowest BCUT2D eigenvalue weighted by Gasteiger charge is -2.32. The molecule has 1 fully saturated rings. The summed E-state index contributed by atoms with van der Waals surface area (Å²) in [6, 6.07) is 4.33. The molecule has 0 radical (unpaired) electrons. The van der Waals surface area contributed by atoms with E-state index in [1.54, 1.807) is 16.9 Å². The first kappa shape index (κ1) is 17.6. The van der Waals surface area contributed by atoms with Crippen LogP contribution in [0.25, 0.3) is 5.52 Å². The topological polar surface area (TPSA) is 55.5 Å². The molecule has 3 aromatic heterocycles. The average molecular weight is 377 g/mol. The first-order chi connectivity index (χ1) is 13.0. The van der Waals surface area contributed by atoms with E-state index >= 15 is 0 Å². The minimum Gasteiger partial charge on any atom is -0.493 e. The lowest BCUT2D eigenvalue weighted by Crippen LogP contribution is -2.36. The highest BCUT2D eigenvalue weighted by molar-refractivity contribution is 5.68. The normalized spacial score (nSPS) is 16.0. The fraction of sp³-hybridized carbons (Fsp3) is 0.389. The molecule has 1 saturated heterocycles. The van der Waals surface area contributed by atoms with Crippen LogP contribution in [0.4, 0.5) is 19.0 Å². The van der Waals surface area contributed by atoms with E-state index in [0.29, 0.717) is 6.61 Å². The number of fused-ring (bicyclic) bond motifs is 1. The van der Waals surface area contributed by atoms with Gasteiger partial charge in [0.15, 0.2) is 5.82 Å². The van der Waals surface area contributed by atoms with Gasteiger partial charge in [0, 0.05) is 37.7 Å². The predicted molar refractivity (Wildman–Crippen MR) is 92.7 cm³/mol. The fourth-order valence-electron chi connectivity index (χ4n) is 3.27. The van der Waals surface area contributed by atoms with Crippen molar-refractivity contribution in [1.82, 2.24) is 19.6 Å². The maximum Gasteiger partial charge on any atom is 0.433 e. The van der Waals surface area contributed by atoms with Gasteiger partial charge in [-0.2, -0.15) is 18.3 Å². The molecular formula is C18H18F3N5O. The number of rotatable bonds is 4. The van der Waals surface area contributed by atoms with E-state index in [4.69, 9.17) is 4.74 Å². The number of halogens is 3. The summed E-state index contributed by atoms with van der Waals surface area (Å²) in [7, 11) is 0. The Bertz CT molecular complexity index is 919. The predicted octanol–water partition coefficient (Wildman–Crippen LogP) is 3.44. The molecule has 0 bridgehead atoms. The molecule has 1 aliphatic heterocycles. The Hall–Kier alpha value is -2.84. The molecular weight excluding hydrogens is 359 g/mol.